The smallest absolute Gasteiger partial charge is 0.0908 e. The van der Waals surface area contributed by atoms with Crippen molar-refractivity contribution in [2.24, 2.45) is 0 Å². The van der Waals surface area contributed by atoms with Gasteiger partial charge in [-0.25, -0.2) is 0 Å². The zero-order valence-corrected chi connectivity index (χ0v) is 13.9. The molecule has 1 heterocycles. The van der Waals surface area contributed by atoms with E-state index in [-0.39, 0.29) is 0 Å². The van der Waals surface area contributed by atoms with Crippen LogP contribution in [-0.2, 0) is 6.54 Å². The fraction of sp³-hybridized carbons (Fsp3) is 0.118. The molecule has 0 amide bonds. The van der Waals surface area contributed by atoms with E-state index < -0.39 is 0 Å². The molecular formula is C17H14BrClN2. The van der Waals surface area contributed by atoms with Crippen molar-refractivity contribution >= 4 is 44.1 Å². The highest BCUT2D eigenvalue weighted by atomic mass is 79.9. The van der Waals surface area contributed by atoms with Crippen molar-refractivity contribution in [2.45, 2.75) is 13.5 Å². The summed E-state index contributed by atoms with van der Waals surface area (Å²) in [6, 6.07) is 14.2. The second-order valence-electron chi connectivity index (χ2n) is 4.93. The first-order valence-electron chi connectivity index (χ1n) is 6.67. The van der Waals surface area contributed by atoms with Crippen LogP contribution in [0.1, 0.15) is 11.1 Å². The summed E-state index contributed by atoms with van der Waals surface area (Å²) in [6.45, 7) is 2.86. The van der Waals surface area contributed by atoms with E-state index in [0.717, 1.165) is 27.6 Å². The Kier molecular flexibility index (Phi) is 4.13. The first-order valence-corrected chi connectivity index (χ1v) is 7.84. The Hall–Kier alpha value is -1.58. The van der Waals surface area contributed by atoms with Crippen LogP contribution in [0.4, 0.5) is 5.69 Å². The van der Waals surface area contributed by atoms with Crippen molar-refractivity contribution in [1.29, 1.82) is 0 Å². The van der Waals surface area contributed by atoms with Crippen molar-refractivity contribution in [1.82, 2.24) is 4.98 Å². The molecule has 0 radical (unpaired) electrons. The van der Waals surface area contributed by atoms with E-state index in [9.17, 15) is 0 Å². The van der Waals surface area contributed by atoms with Gasteiger partial charge in [-0.2, -0.15) is 0 Å². The molecule has 3 rings (SSSR count). The summed E-state index contributed by atoms with van der Waals surface area (Å²) in [5.74, 6) is 0. The van der Waals surface area contributed by atoms with Crippen LogP contribution >= 0.6 is 27.5 Å². The third kappa shape index (κ3) is 3.04. The Morgan fingerprint density at radius 3 is 2.86 bits per heavy atom. The summed E-state index contributed by atoms with van der Waals surface area (Å²) in [5.41, 5.74) is 4.35. The molecule has 106 valence electrons. The number of pyridine rings is 1. The van der Waals surface area contributed by atoms with Crippen LogP contribution in [-0.4, -0.2) is 4.98 Å². The minimum Gasteiger partial charge on any atom is -0.380 e. The van der Waals surface area contributed by atoms with Gasteiger partial charge in [-0.05, 0) is 48.4 Å². The number of hydrogen-bond acceptors (Lipinski definition) is 2. The highest BCUT2D eigenvalue weighted by Gasteiger charge is 2.05. The molecule has 0 aliphatic carbocycles. The molecule has 0 aliphatic rings. The van der Waals surface area contributed by atoms with Crippen LogP contribution in [0.5, 0.6) is 0 Å². The van der Waals surface area contributed by atoms with Gasteiger partial charge in [-0.15, -0.1) is 0 Å². The largest absolute Gasteiger partial charge is 0.380 e. The van der Waals surface area contributed by atoms with Crippen LogP contribution in [0.2, 0.25) is 5.02 Å². The number of rotatable bonds is 3. The Bertz CT molecular complexity index is 802. The quantitative estimate of drug-likeness (QED) is 0.659. The molecule has 4 heteroatoms. The molecule has 2 nitrogen and oxygen atoms in total. The second-order valence-corrected chi connectivity index (χ2v) is 6.19. The van der Waals surface area contributed by atoms with Gasteiger partial charge in [0.15, 0.2) is 0 Å². The van der Waals surface area contributed by atoms with Gasteiger partial charge in [0.2, 0.25) is 0 Å². The molecule has 0 atom stereocenters. The summed E-state index contributed by atoms with van der Waals surface area (Å²) < 4.78 is 1.13. The number of aromatic nitrogens is 1. The number of anilines is 1. The van der Waals surface area contributed by atoms with E-state index in [4.69, 9.17) is 11.6 Å². The van der Waals surface area contributed by atoms with Crippen molar-refractivity contribution in [2.75, 3.05) is 5.32 Å². The molecule has 21 heavy (non-hydrogen) atoms. The lowest BCUT2D eigenvalue weighted by atomic mass is 10.1. The fourth-order valence-corrected chi connectivity index (χ4v) is 2.77. The fourth-order valence-electron chi connectivity index (χ4n) is 2.31. The van der Waals surface area contributed by atoms with Crippen LogP contribution in [0, 0.1) is 6.92 Å². The van der Waals surface area contributed by atoms with Gasteiger partial charge in [0.05, 0.1) is 10.5 Å². The van der Waals surface area contributed by atoms with Crippen molar-refractivity contribution < 1.29 is 0 Å². The van der Waals surface area contributed by atoms with Crippen LogP contribution in [0.3, 0.4) is 0 Å². The predicted molar refractivity (Wildman–Crippen MR) is 93.0 cm³/mol. The van der Waals surface area contributed by atoms with Gasteiger partial charge in [0, 0.05) is 28.3 Å². The average Bonchev–Trinajstić information content (AvgIpc) is 2.50. The van der Waals surface area contributed by atoms with Gasteiger partial charge in [0.1, 0.15) is 0 Å². The average molecular weight is 362 g/mol. The lowest BCUT2D eigenvalue weighted by molar-refractivity contribution is 1.14. The molecule has 0 aliphatic heterocycles. The number of benzene rings is 2. The summed E-state index contributed by atoms with van der Waals surface area (Å²) >= 11 is 9.71. The van der Waals surface area contributed by atoms with Gasteiger partial charge in [0.25, 0.3) is 0 Å². The van der Waals surface area contributed by atoms with E-state index in [1.54, 1.807) is 6.20 Å². The van der Waals surface area contributed by atoms with Crippen molar-refractivity contribution in [3.63, 3.8) is 0 Å². The van der Waals surface area contributed by atoms with Crippen molar-refractivity contribution in [3.8, 4) is 0 Å². The highest BCUT2D eigenvalue weighted by molar-refractivity contribution is 9.10. The molecule has 1 aromatic heterocycles. The zero-order chi connectivity index (χ0) is 14.8. The monoisotopic (exact) mass is 360 g/mol. The molecule has 0 bridgehead atoms. The van der Waals surface area contributed by atoms with E-state index in [2.05, 4.69) is 51.4 Å². The Morgan fingerprint density at radius 1 is 1.19 bits per heavy atom. The molecule has 2 aromatic carbocycles. The summed E-state index contributed by atoms with van der Waals surface area (Å²) in [4.78, 5) is 4.34. The minimum absolute atomic E-state index is 0.677. The topological polar surface area (TPSA) is 24.9 Å². The minimum atomic E-state index is 0.677. The molecule has 0 fully saturated rings. The lowest BCUT2D eigenvalue weighted by Crippen LogP contribution is -2.00. The van der Waals surface area contributed by atoms with E-state index in [1.807, 2.05) is 24.3 Å². The molecule has 1 N–H and O–H groups in total. The van der Waals surface area contributed by atoms with Gasteiger partial charge in [-0.1, -0.05) is 39.7 Å². The SMILES string of the molecule is Cc1cc(CNc2ccc(Cl)c3ncccc23)ccc1Br. The third-order valence-electron chi connectivity index (χ3n) is 3.43. The summed E-state index contributed by atoms with van der Waals surface area (Å²) in [5, 5.41) is 5.18. The number of nitrogens with zero attached hydrogens (tertiary/aromatic N) is 1. The highest BCUT2D eigenvalue weighted by Crippen LogP contribution is 2.28. The molecular weight excluding hydrogens is 348 g/mol. The van der Waals surface area contributed by atoms with Gasteiger partial charge < -0.3 is 5.32 Å². The zero-order valence-electron chi connectivity index (χ0n) is 11.5. The first kappa shape index (κ1) is 14.4. The molecule has 0 saturated carbocycles. The molecule has 0 saturated heterocycles. The van der Waals surface area contributed by atoms with E-state index in [0.29, 0.717) is 5.02 Å². The Labute approximate surface area is 137 Å². The number of hydrogen-bond donors (Lipinski definition) is 1. The van der Waals surface area contributed by atoms with E-state index in [1.165, 1.54) is 11.1 Å². The maximum atomic E-state index is 6.19. The standard InChI is InChI=1S/C17H14BrClN2/c1-11-9-12(4-5-14(11)18)10-21-16-7-6-15(19)17-13(16)3-2-8-20-17/h2-9,21H,10H2,1H3. The Balaban J connectivity index is 1.88. The maximum absolute atomic E-state index is 6.19. The van der Waals surface area contributed by atoms with Crippen LogP contribution in [0.15, 0.2) is 53.1 Å². The molecule has 0 unspecified atom stereocenters. The van der Waals surface area contributed by atoms with Gasteiger partial charge >= 0.3 is 0 Å². The first-order chi connectivity index (χ1) is 10.1. The molecule has 3 aromatic rings. The van der Waals surface area contributed by atoms with Crippen LogP contribution in [0.25, 0.3) is 10.9 Å². The number of nitrogens with one attached hydrogen (secondary N) is 1. The third-order valence-corrected chi connectivity index (χ3v) is 4.62. The van der Waals surface area contributed by atoms with E-state index >= 15 is 0 Å². The molecule has 0 spiro atoms. The second kappa shape index (κ2) is 6.04. The Morgan fingerprint density at radius 2 is 2.05 bits per heavy atom. The normalized spacial score (nSPS) is 10.8. The van der Waals surface area contributed by atoms with Crippen molar-refractivity contribution in [3.05, 3.63) is 69.3 Å². The van der Waals surface area contributed by atoms with Gasteiger partial charge in [-0.3, -0.25) is 4.98 Å². The van der Waals surface area contributed by atoms with Crippen LogP contribution < -0.4 is 5.32 Å². The summed E-state index contributed by atoms with van der Waals surface area (Å²) in [6.07, 6.45) is 1.76. The number of fused-ring (bicyclic) bond motifs is 1. The lowest BCUT2D eigenvalue weighted by Gasteiger charge is -2.11. The summed E-state index contributed by atoms with van der Waals surface area (Å²) in [7, 11) is 0. The maximum Gasteiger partial charge on any atom is 0.0908 e. The number of aryl methyl sites for hydroxylation is 1. The predicted octanol–water partition coefficient (Wildman–Crippen LogP) is 5.57. The number of halogens is 2.